The first-order chi connectivity index (χ1) is 13.6. The second-order valence-electron chi connectivity index (χ2n) is 6.92. The fourth-order valence-corrected chi connectivity index (χ4v) is 3.88. The molecule has 0 aliphatic rings. The van der Waals surface area contributed by atoms with E-state index in [1.54, 1.807) is 18.3 Å². The van der Waals surface area contributed by atoms with E-state index >= 15 is 0 Å². The van der Waals surface area contributed by atoms with Crippen molar-refractivity contribution >= 4 is 28.2 Å². The van der Waals surface area contributed by atoms with Gasteiger partial charge in [-0.05, 0) is 64.7 Å². The normalized spacial score (nSPS) is 12.2. The third-order valence-corrected chi connectivity index (χ3v) is 5.67. The summed E-state index contributed by atoms with van der Waals surface area (Å²) in [4.78, 5) is 15.6. The highest BCUT2D eigenvalue weighted by Gasteiger charge is 2.15. The van der Waals surface area contributed by atoms with Gasteiger partial charge in [0, 0.05) is 22.2 Å². The molecule has 0 radical (unpaired) electrons. The number of aromatic amines is 1. The second-order valence-corrected chi connectivity index (χ2v) is 7.95. The van der Waals surface area contributed by atoms with E-state index in [1.807, 2.05) is 35.8 Å². The van der Waals surface area contributed by atoms with Crippen LogP contribution in [0, 0.1) is 5.92 Å². The number of aromatic nitrogens is 1. The fourth-order valence-electron chi connectivity index (χ4n) is 3.26. The van der Waals surface area contributed by atoms with Crippen molar-refractivity contribution < 1.29 is 14.6 Å². The summed E-state index contributed by atoms with van der Waals surface area (Å²) in [5.41, 5.74) is 4.11. The zero-order chi connectivity index (χ0) is 19.5. The Hall–Kier alpha value is -3.05. The molecule has 0 fully saturated rings. The number of carbonyl (C=O) groups is 1. The van der Waals surface area contributed by atoms with E-state index in [0.29, 0.717) is 13.0 Å². The molecule has 2 N–H and O–H groups in total. The van der Waals surface area contributed by atoms with Crippen LogP contribution >= 0.6 is 11.3 Å². The predicted octanol–water partition coefficient (Wildman–Crippen LogP) is 5.74. The standard InChI is InChI=1S/C23H21NO3S/c1-15(23(25)26)11-16-4-7-22(27-14-19-3-2-10-28-19)20(12-16)17-5-6-21-18(13-17)8-9-24-21/h2-10,12-13,15,24H,11,14H2,1H3,(H,25,26). The molecule has 5 heteroatoms. The molecule has 4 rings (SSSR count). The summed E-state index contributed by atoms with van der Waals surface area (Å²) in [5, 5.41) is 12.4. The molecule has 2 aromatic carbocycles. The molecule has 1 atom stereocenters. The van der Waals surface area contributed by atoms with Crippen molar-refractivity contribution in [2.45, 2.75) is 20.0 Å². The zero-order valence-electron chi connectivity index (χ0n) is 15.5. The van der Waals surface area contributed by atoms with Gasteiger partial charge in [0.1, 0.15) is 12.4 Å². The van der Waals surface area contributed by atoms with Gasteiger partial charge in [-0.3, -0.25) is 4.79 Å². The number of benzene rings is 2. The van der Waals surface area contributed by atoms with Gasteiger partial charge in [0.25, 0.3) is 0 Å². The Morgan fingerprint density at radius 1 is 1.18 bits per heavy atom. The minimum absolute atomic E-state index is 0.433. The van der Waals surface area contributed by atoms with Crippen molar-refractivity contribution in [1.29, 1.82) is 0 Å². The molecule has 0 aliphatic carbocycles. The summed E-state index contributed by atoms with van der Waals surface area (Å²) < 4.78 is 6.12. The van der Waals surface area contributed by atoms with Gasteiger partial charge in [0.15, 0.2) is 0 Å². The van der Waals surface area contributed by atoms with Gasteiger partial charge in [-0.1, -0.05) is 25.1 Å². The first-order valence-electron chi connectivity index (χ1n) is 9.18. The molecule has 2 aromatic heterocycles. The largest absolute Gasteiger partial charge is 0.487 e. The van der Waals surface area contributed by atoms with Crippen LogP contribution in [0.4, 0.5) is 0 Å². The minimum atomic E-state index is -0.784. The van der Waals surface area contributed by atoms with Crippen LogP contribution in [0.15, 0.2) is 66.2 Å². The lowest BCUT2D eigenvalue weighted by atomic mass is 9.96. The van der Waals surface area contributed by atoms with Crippen molar-refractivity contribution in [2.24, 2.45) is 5.92 Å². The zero-order valence-corrected chi connectivity index (χ0v) is 16.3. The molecule has 0 spiro atoms. The van der Waals surface area contributed by atoms with Gasteiger partial charge in [0.05, 0.1) is 5.92 Å². The number of fused-ring (bicyclic) bond motifs is 1. The SMILES string of the molecule is CC(Cc1ccc(OCc2cccs2)c(-c2ccc3[nH]ccc3c2)c1)C(=O)O. The molecule has 0 saturated heterocycles. The van der Waals surface area contributed by atoms with E-state index in [-0.39, 0.29) is 0 Å². The lowest BCUT2D eigenvalue weighted by Crippen LogP contribution is -2.12. The van der Waals surface area contributed by atoms with Gasteiger partial charge in [-0.15, -0.1) is 11.3 Å². The lowest BCUT2D eigenvalue weighted by Gasteiger charge is -2.14. The van der Waals surface area contributed by atoms with Crippen LogP contribution in [-0.4, -0.2) is 16.1 Å². The number of carboxylic acid groups (broad SMARTS) is 1. The molecule has 1 unspecified atom stereocenters. The molecule has 4 aromatic rings. The lowest BCUT2D eigenvalue weighted by molar-refractivity contribution is -0.141. The summed E-state index contributed by atoms with van der Waals surface area (Å²) in [6, 6.07) is 18.3. The van der Waals surface area contributed by atoms with E-state index in [9.17, 15) is 9.90 Å². The number of rotatable bonds is 7. The fraction of sp³-hybridized carbons (Fsp3) is 0.174. The number of aliphatic carboxylic acids is 1. The molecule has 0 aliphatic heterocycles. The van der Waals surface area contributed by atoms with Gasteiger partial charge in [-0.2, -0.15) is 0 Å². The van der Waals surface area contributed by atoms with Crippen molar-refractivity contribution in [2.75, 3.05) is 0 Å². The molecule has 0 saturated carbocycles. The molecule has 2 heterocycles. The van der Waals surface area contributed by atoms with Gasteiger partial charge >= 0.3 is 5.97 Å². The van der Waals surface area contributed by atoms with Crippen molar-refractivity contribution in [1.82, 2.24) is 4.98 Å². The number of carboxylic acids is 1. The van der Waals surface area contributed by atoms with E-state index in [2.05, 4.69) is 35.3 Å². The van der Waals surface area contributed by atoms with Crippen LogP contribution in [0.1, 0.15) is 17.4 Å². The van der Waals surface area contributed by atoms with Gasteiger partial charge in [0.2, 0.25) is 0 Å². The van der Waals surface area contributed by atoms with E-state index in [1.165, 1.54) is 0 Å². The number of ether oxygens (including phenoxy) is 1. The summed E-state index contributed by atoms with van der Waals surface area (Å²) in [7, 11) is 0. The van der Waals surface area contributed by atoms with Crippen LogP contribution in [0.5, 0.6) is 5.75 Å². The molecular weight excluding hydrogens is 370 g/mol. The number of hydrogen-bond acceptors (Lipinski definition) is 3. The number of nitrogens with one attached hydrogen (secondary N) is 1. The molecule has 4 nitrogen and oxygen atoms in total. The van der Waals surface area contributed by atoms with Crippen LogP contribution in [0.3, 0.4) is 0 Å². The Bertz CT molecular complexity index is 1100. The third kappa shape index (κ3) is 3.94. The Morgan fingerprint density at radius 3 is 2.86 bits per heavy atom. The van der Waals surface area contributed by atoms with Gasteiger partial charge < -0.3 is 14.8 Å². The van der Waals surface area contributed by atoms with Crippen LogP contribution < -0.4 is 4.74 Å². The number of hydrogen-bond donors (Lipinski definition) is 2. The van der Waals surface area contributed by atoms with Crippen LogP contribution in [-0.2, 0) is 17.8 Å². The van der Waals surface area contributed by atoms with Crippen molar-refractivity contribution in [3.05, 3.63) is 76.6 Å². The Morgan fingerprint density at radius 2 is 2.07 bits per heavy atom. The smallest absolute Gasteiger partial charge is 0.306 e. The maximum atomic E-state index is 11.2. The molecular formula is C23H21NO3S. The van der Waals surface area contributed by atoms with Gasteiger partial charge in [-0.25, -0.2) is 0 Å². The molecule has 142 valence electrons. The maximum Gasteiger partial charge on any atom is 0.306 e. The summed E-state index contributed by atoms with van der Waals surface area (Å²) in [5.74, 6) is -0.416. The van der Waals surface area contributed by atoms with Crippen molar-refractivity contribution in [3.63, 3.8) is 0 Å². The summed E-state index contributed by atoms with van der Waals surface area (Å²) in [6.07, 6.45) is 2.41. The molecule has 0 amide bonds. The highest BCUT2D eigenvalue weighted by atomic mass is 32.1. The topological polar surface area (TPSA) is 62.3 Å². The van der Waals surface area contributed by atoms with Crippen molar-refractivity contribution in [3.8, 4) is 16.9 Å². The molecule has 28 heavy (non-hydrogen) atoms. The van der Waals surface area contributed by atoms with Crippen LogP contribution in [0.2, 0.25) is 0 Å². The number of thiophene rings is 1. The maximum absolute atomic E-state index is 11.2. The average Bonchev–Trinajstić information content (AvgIpc) is 3.37. The Balaban J connectivity index is 1.70. The molecule has 0 bridgehead atoms. The van der Waals surface area contributed by atoms with Crippen LogP contribution in [0.25, 0.3) is 22.0 Å². The average molecular weight is 391 g/mol. The monoisotopic (exact) mass is 391 g/mol. The Labute approximate surface area is 167 Å². The first kappa shape index (κ1) is 18.3. The first-order valence-corrected chi connectivity index (χ1v) is 10.1. The van der Waals surface area contributed by atoms with E-state index < -0.39 is 11.9 Å². The highest BCUT2D eigenvalue weighted by molar-refractivity contribution is 7.09. The van der Waals surface area contributed by atoms with E-state index in [0.717, 1.165) is 38.2 Å². The third-order valence-electron chi connectivity index (χ3n) is 4.82. The second kappa shape index (κ2) is 7.90. The highest BCUT2D eigenvalue weighted by Crippen LogP contribution is 2.34. The Kier molecular flexibility index (Phi) is 5.17. The predicted molar refractivity (Wildman–Crippen MR) is 113 cm³/mol. The summed E-state index contributed by atoms with van der Waals surface area (Å²) >= 11 is 1.67. The quantitative estimate of drug-likeness (QED) is 0.422. The van der Waals surface area contributed by atoms with E-state index in [4.69, 9.17) is 4.74 Å². The minimum Gasteiger partial charge on any atom is -0.487 e. The number of H-pyrrole nitrogens is 1. The summed E-state index contributed by atoms with van der Waals surface area (Å²) in [6.45, 7) is 2.25.